The molecule has 160 valence electrons. The summed E-state index contributed by atoms with van der Waals surface area (Å²) in [7, 11) is 0. The topological polar surface area (TPSA) is 55.8 Å². The van der Waals surface area contributed by atoms with Crippen molar-refractivity contribution in [2.45, 2.75) is 12.3 Å². The van der Waals surface area contributed by atoms with Crippen LogP contribution >= 0.6 is 0 Å². The highest BCUT2D eigenvalue weighted by Gasteiger charge is 2.22. The molecule has 0 radical (unpaired) electrons. The van der Waals surface area contributed by atoms with Crippen LogP contribution in [0.25, 0.3) is 0 Å². The molecule has 3 aromatic rings. The molecule has 1 fully saturated rings. The zero-order chi connectivity index (χ0) is 21.5. The van der Waals surface area contributed by atoms with Gasteiger partial charge in [0.05, 0.1) is 0 Å². The molecule has 31 heavy (non-hydrogen) atoms. The normalized spacial score (nSPS) is 14.0. The molecule has 0 unspecified atom stereocenters. The van der Waals surface area contributed by atoms with Crippen LogP contribution in [-0.4, -0.2) is 48.8 Å². The molecule has 1 aliphatic rings. The molecule has 0 aliphatic carbocycles. The molecular weight excluding hydrogens is 386 g/mol. The van der Waals surface area contributed by atoms with Crippen LogP contribution in [0.2, 0.25) is 0 Å². The van der Waals surface area contributed by atoms with Crippen molar-refractivity contribution in [1.29, 1.82) is 0 Å². The predicted octanol–water partition coefficient (Wildman–Crippen LogP) is 4.45. The minimum Gasteiger partial charge on any atom is -0.508 e. The van der Waals surface area contributed by atoms with E-state index in [2.05, 4.69) is 58.7 Å². The molecule has 0 spiro atoms. The lowest BCUT2D eigenvalue weighted by molar-refractivity contribution is 0.194. The average molecular weight is 416 g/mol. The molecule has 0 bridgehead atoms. The fraction of sp³-hybridized carbons (Fsp3) is 0.269. The van der Waals surface area contributed by atoms with Gasteiger partial charge >= 0.3 is 6.03 Å². The Hall–Kier alpha value is -3.47. The molecule has 5 heteroatoms. The highest BCUT2D eigenvalue weighted by atomic mass is 16.3. The van der Waals surface area contributed by atoms with Gasteiger partial charge in [-0.3, -0.25) is 0 Å². The molecule has 1 heterocycles. The van der Waals surface area contributed by atoms with Crippen LogP contribution in [0.4, 0.5) is 10.5 Å². The lowest BCUT2D eigenvalue weighted by atomic mass is 9.88. The van der Waals surface area contributed by atoms with Crippen molar-refractivity contribution in [3.8, 4) is 5.75 Å². The Morgan fingerprint density at radius 3 is 2.03 bits per heavy atom. The van der Waals surface area contributed by atoms with Gasteiger partial charge in [-0.1, -0.05) is 66.7 Å². The summed E-state index contributed by atoms with van der Waals surface area (Å²) in [4.78, 5) is 16.8. The highest BCUT2D eigenvalue weighted by Crippen LogP contribution is 2.27. The fourth-order valence-electron chi connectivity index (χ4n) is 4.19. The summed E-state index contributed by atoms with van der Waals surface area (Å²) >= 11 is 0. The third-order valence-corrected chi connectivity index (χ3v) is 5.87. The maximum Gasteiger partial charge on any atom is 0.317 e. The molecular formula is C26H29N3O2. The lowest BCUT2D eigenvalue weighted by Gasteiger charge is -2.36. The van der Waals surface area contributed by atoms with Crippen LogP contribution < -0.4 is 10.2 Å². The van der Waals surface area contributed by atoms with E-state index >= 15 is 0 Å². The second kappa shape index (κ2) is 10.0. The van der Waals surface area contributed by atoms with E-state index in [1.807, 2.05) is 29.2 Å². The minimum atomic E-state index is -0.00423. The first-order valence-electron chi connectivity index (χ1n) is 10.9. The van der Waals surface area contributed by atoms with Gasteiger partial charge < -0.3 is 20.2 Å². The highest BCUT2D eigenvalue weighted by molar-refractivity contribution is 5.74. The SMILES string of the molecule is O=C(NCCC(c1ccccc1)c1ccccc1)N1CCN(c2cccc(O)c2)CC1. The van der Waals surface area contributed by atoms with Gasteiger partial charge in [-0.25, -0.2) is 4.79 Å². The molecule has 2 N–H and O–H groups in total. The van der Waals surface area contributed by atoms with Gasteiger partial charge in [-0.15, -0.1) is 0 Å². The van der Waals surface area contributed by atoms with Crippen LogP contribution in [-0.2, 0) is 0 Å². The lowest BCUT2D eigenvalue weighted by Crippen LogP contribution is -2.52. The van der Waals surface area contributed by atoms with E-state index in [4.69, 9.17) is 0 Å². The number of phenolic OH excluding ortho intramolecular Hbond substituents is 1. The van der Waals surface area contributed by atoms with E-state index in [9.17, 15) is 9.90 Å². The number of carbonyl (C=O) groups is 1. The number of hydrogen-bond donors (Lipinski definition) is 2. The number of rotatable bonds is 6. The quantitative estimate of drug-likeness (QED) is 0.626. The monoisotopic (exact) mass is 415 g/mol. The van der Waals surface area contributed by atoms with Gasteiger partial charge in [0, 0.05) is 50.4 Å². The number of phenols is 1. The molecule has 4 rings (SSSR count). The number of piperazine rings is 1. The van der Waals surface area contributed by atoms with Crippen molar-refractivity contribution in [3.63, 3.8) is 0 Å². The molecule has 3 aromatic carbocycles. The Balaban J connectivity index is 1.30. The molecule has 2 amide bonds. The van der Waals surface area contributed by atoms with Crippen molar-refractivity contribution < 1.29 is 9.90 Å². The smallest absolute Gasteiger partial charge is 0.317 e. The summed E-state index contributed by atoms with van der Waals surface area (Å²) < 4.78 is 0. The van der Waals surface area contributed by atoms with Crippen molar-refractivity contribution in [1.82, 2.24) is 10.2 Å². The van der Waals surface area contributed by atoms with Crippen LogP contribution in [0.1, 0.15) is 23.5 Å². The van der Waals surface area contributed by atoms with Gasteiger partial charge in [0.1, 0.15) is 5.75 Å². The first kappa shape index (κ1) is 20.8. The number of nitrogens with one attached hydrogen (secondary N) is 1. The Morgan fingerprint density at radius 1 is 0.839 bits per heavy atom. The summed E-state index contributed by atoms with van der Waals surface area (Å²) in [6, 6.07) is 28.2. The van der Waals surface area contributed by atoms with E-state index in [1.54, 1.807) is 12.1 Å². The van der Waals surface area contributed by atoms with Crippen molar-refractivity contribution >= 4 is 11.7 Å². The number of amides is 2. The predicted molar refractivity (Wildman–Crippen MR) is 125 cm³/mol. The van der Waals surface area contributed by atoms with Gasteiger partial charge in [0.2, 0.25) is 0 Å². The average Bonchev–Trinajstić information content (AvgIpc) is 2.83. The standard InChI is InChI=1S/C26H29N3O2/c30-24-13-7-12-23(20-24)28-16-18-29(19-17-28)26(31)27-15-14-25(21-8-3-1-4-9-21)22-10-5-2-6-11-22/h1-13,20,25,30H,14-19H2,(H,27,31). The van der Waals surface area contributed by atoms with E-state index < -0.39 is 0 Å². The number of benzene rings is 3. The van der Waals surface area contributed by atoms with Crippen LogP contribution in [0.5, 0.6) is 5.75 Å². The minimum absolute atomic E-state index is 0.00423. The summed E-state index contributed by atoms with van der Waals surface area (Å²) in [6.45, 7) is 3.48. The Morgan fingerprint density at radius 2 is 1.45 bits per heavy atom. The van der Waals surface area contributed by atoms with E-state index in [0.717, 1.165) is 25.2 Å². The number of hydrogen-bond acceptors (Lipinski definition) is 3. The number of aromatic hydroxyl groups is 1. The zero-order valence-corrected chi connectivity index (χ0v) is 17.7. The van der Waals surface area contributed by atoms with Crippen molar-refractivity contribution in [2.75, 3.05) is 37.6 Å². The molecule has 0 atom stereocenters. The maximum atomic E-state index is 12.7. The largest absolute Gasteiger partial charge is 0.508 e. The van der Waals surface area contributed by atoms with Gasteiger partial charge in [-0.2, -0.15) is 0 Å². The van der Waals surface area contributed by atoms with Gasteiger partial charge in [-0.05, 0) is 29.7 Å². The number of carbonyl (C=O) groups excluding carboxylic acids is 1. The van der Waals surface area contributed by atoms with Gasteiger partial charge in [0.25, 0.3) is 0 Å². The molecule has 1 aliphatic heterocycles. The summed E-state index contributed by atoms with van der Waals surface area (Å²) in [5.74, 6) is 0.523. The van der Waals surface area contributed by atoms with Crippen LogP contribution in [0, 0.1) is 0 Å². The van der Waals surface area contributed by atoms with Crippen molar-refractivity contribution in [3.05, 3.63) is 96.1 Å². The number of urea groups is 1. The van der Waals surface area contributed by atoms with Crippen LogP contribution in [0.3, 0.4) is 0 Å². The van der Waals surface area contributed by atoms with Crippen molar-refractivity contribution in [2.24, 2.45) is 0 Å². The number of nitrogens with zero attached hydrogens (tertiary/aromatic N) is 2. The van der Waals surface area contributed by atoms with E-state index in [1.165, 1.54) is 11.1 Å². The first-order chi connectivity index (χ1) is 15.2. The Bertz CT molecular complexity index is 931. The Labute approximate surface area is 183 Å². The summed E-state index contributed by atoms with van der Waals surface area (Å²) in [5.41, 5.74) is 3.53. The Kier molecular flexibility index (Phi) is 6.72. The second-order valence-corrected chi connectivity index (χ2v) is 7.89. The maximum absolute atomic E-state index is 12.7. The summed E-state index contributed by atoms with van der Waals surface area (Å²) in [6.07, 6.45) is 0.850. The molecule has 0 saturated carbocycles. The molecule has 5 nitrogen and oxygen atoms in total. The molecule has 0 aromatic heterocycles. The summed E-state index contributed by atoms with van der Waals surface area (Å²) in [5, 5.41) is 12.8. The van der Waals surface area contributed by atoms with E-state index in [-0.39, 0.29) is 17.7 Å². The zero-order valence-electron chi connectivity index (χ0n) is 17.7. The number of anilines is 1. The second-order valence-electron chi connectivity index (χ2n) is 7.89. The van der Waals surface area contributed by atoms with E-state index in [0.29, 0.717) is 19.6 Å². The fourth-order valence-corrected chi connectivity index (χ4v) is 4.19. The van der Waals surface area contributed by atoms with Crippen LogP contribution in [0.15, 0.2) is 84.9 Å². The third-order valence-electron chi connectivity index (χ3n) is 5.87. The third kappa shape index (κ3) is 5.37. The van der Waals surface area contributed by atoms with Gasteiger partial charge in [0.15, 0.2) is 0 Å². The first-order valence-corrected chi connectivity index (χ1v) is 10.9. The molecule has 1 saturated heterocycles.